The molecule has 1 heterocycles. The van der Waals surface area contributed by atoms with E-state index in [9.17, 15) is 0 Å². The maximum absolute atomic E-state index is 5.60. The predicted molar refractivity (Wildman–Crippen MR) is 69.1 cm³/mol. The molecular weight excluding hydrogens is 200 g/mol. The van der Waals surface area contributed by atoms with Gasteiger partial charge in [-0.2, -0.15) is 0 Å². The Morgan fingerprint density at radius 3 is 2.75 bits per heavy atom. The van der Waals surface area contributed by atoms with Gasteiger partial charge in [-0.15, -0.1) is 0 Å². The minimum atomic E-state index is 0.284. The van der Waals surface area contributed by atoms with E-state index in [1.807, 2.05) is 0 Å². The predicted octanol–water partition coefficient (Wildman–Crippen LogP) is 1.87. The van der Waals surface area contributed by atoms with Crippen molar-refractivity contribution in [1.29, 1.82) is 0 Å². The molecule has 1 saturated heterocycles. The van der Waals surface area contributed by atoms with Crippen LogP contribution in [0.15, 0.2) is 4.99 Å². The molecule has 1 fully saturated rings. The summed E-state index contributed by atoms with van der Waals surface area (Å²) in [7, 11) is 0. The van der Waals surface area contributed by atoms with E-state index < -0.39 is 0 Å². The Labute approximate surface area is 99.3 Å². The molecule has 94 valence electrons. The van der Waals surface area contributed by atoms with Crippen LogP contribution in [0.5, 0.6) is 0 Å². The number of hydrazine groups is 1. The van der Waals surface area contributed by atoms with E-state index in [1.54, 1.807) is 0 Å². The number of likely N-dealkylation sites (tertiary alicyclic amines) is 1. The Morgan fingerprint density at radius 2 is 2.19 bits per heavy atom. The first-order valence-electron chi connectivity index (χ1n) is 6.50. The Hall–Kier alpha value is -0.770. The summed E-state index contributed by atoms with van der Waals surface area (Å²) >= 11 is 0. The monoisotopic (exact) mass is 226 g/mol. The van der Waals surface area contributed by atoms with Gasteiger partial charge in [0, 0.05) is 18.6 Å². The molecule has 3 N–H and O–H groups in total. The molecule has 1 aliphatic heterocycles. The van der Waals surface area contributed by atoms with E-state index in [1.165, 1.54) is 32.1 Å². The van der Waals surface area contributed by atoms with E-state index in [-0.39, 0.29) is 6.04 Å². The molecule has 4 heteroatoms. The lowest BCUT2D eigenvalue weighted by Crippen LogP contribution is -2.49. The second kappa shape index (κ2) is 6.74. The minimum absolute atomic E-state index is 0.284. The smallest absolute Gasteiger partial charge is 0.208 e. The van der Waals surface area contributed by atoms with Gasteiger partial charge in [0.2, 0.25) is 5.96 Å². The summed E-state index contributed by atoms with van der Waals surface area (Å²) in [6.07, 6.45) is 6.32. The summed E-state index contributed by atoms with van der Waals surface area (Å²) in [5.41, 5.74) is 2.77. The van der Waals surface area contributed by atoms with Gasteiger partial charge >= 0.3 is 0 Å². The normalized spacial score (nSPS) is 23.4. The molecule has 0 spiro atoms. The lowest BCUT2D eigenvalue weighted by atomic mass is 10.1. The molecule has 16 heavy (non-hydrogen) atoms. The first kappa shape index (κ1) is 13.3. The van der Waals surface area contributed by atoms with Crippen molar-refractivity contribution >= 4 is 5.96 Å². The summed E-state index contributed by atoms with van der Waals surface area (Å²) in [6.45, 7) is 7.48. The summed E-state index contributed by atoms with van der Waals surface area (Å²) in [6, 6.07) is 0.878. The number of guanidine groups is 1. The standard InChI is InChI=1S/C12H26N4/c1-4-11-8-6-5-7-9-16(11)12(15-13)14-10(2)3/h10-11H,4-9,13H2,1-3H3,(H,14,15). The second-order valence-corrected chi connectivity index (χ2v) is 4.80. The van der Waals surface area contributed by atoms with Gasteiger partial charge in [0.15, 0.2) is 0 Å². The molecule has 0 aliphatic carbocycles. The van der Waals surface area contributed by atoms with E-state index in [0.717, 1.165) is 12.5 Å². The third-order valence-corrected chi connectivity index (χ3v) is 3.13. The fourth-order valence-corrected chi connectivity index (χ4v) is 2.32. The van der Waals surface area contributed by atoms with Crippen LogP contribution in [0.4, 0.5) is 0 Å². The SMILES string of the molecule is CCC1CCCCCN1C(=NC(C)C)NN. The highest BCUT2D eigenvalue weighted by atomic mass is 15.4. The fraction of sp³-hybridized carbons (Fsp3) is 0.917. The molecule has 0 radical (unpaired) electrons. The number of rotatable bonds is 2. The van der Waals surface area contributed by atoms with Gasteiger partial charge in [0.05, 0.1) is 0 Å². The molecule has 1 aliphatic rings. The second-order valence-electron chi connectivity index (χ2n) is 4.80. The number of nitrogens with zero attached hydrogens (tertiary/aromatic N) is 2. The zero-order valence-corrected chi connectivity index (χ0v) is 10.9. The van der Waals surface area contributed by atoms with Crippen LogP contribution in [0, 0.1) is 0 Å². The highest BCUT2D eigenvalue weighted by Gasteiger charge is 2.22. The van der Waals surface area contributed by atoms with E-state index in [0.29, 0.717) is 6.04 Å². The van der Waals surface area contributed by atoms with Crippen molar-refractivity contribution in [2.24, 2.45) is 10.8 Å². The summed E-state index contributed by atoms with van der Waals surface area (Å²) in [5, 5.41) is 0. The number of hydrogen-bond acceptors (Lipinski definition) is 2. The van der Waals surface area contributed by atoms with Crippen LogP contribution < -0.4 is 11.3 Å². The molecule has 0 aromatic heterocycles. The van der Waals surface area contributed by atoms with Crippen LogP contribution in [-0.2, 0) is 0 Å². The van der Waals surface area contributed by atoms with E-state index in [2.05, 4.69) is 36.1 Å². The van der Waals surface area contributed by atoms with Crippen LogP contribution in [0.25, 0.3) is 0 Å². The number of hydrogen-bond donors (Lipinski definition) is 2. The molecule has 0 bridgehead atoms. The van der Waals surface area contributed by atoms with Crippen molar-refractivity contribution < 1.29 is 0 Å². The van der Waals surface area contributed by atoms with Gasteiger partial charge in [-0.05, 0) is 33.1 Å². The highest BCUT2D eigenvalue weighted by Crippen LogP contribution is 2.19. The van der Waals surface area contributed by atoms with Crippen molar-refractivity contribution in [3.8, 4) is 0 Å². The first-order valence-corrected chi connectivity index (χ1v) is 6.50. The van der Waals surface area contributed by atoms with Crippen LogP contribution in [0.2, 0.25) is 0 Å². The van der Waals surface area contributed by atoms with Gasteiger partial charge in [-0.25, -0.2) is 10.8 Å². The summed E-state index contributed by atoms with van der Waals surface area (Å²) in [5.74, 6) is 6.46. The highest BCUT2D eigenvalue weighted by molar-refractivity contribution is 5.79. The van der Waals surface area contributed by atoms with Gasteiger partial charge < -0.3 is 4.90 Å². The van der Waals surface area contributed by atoms with Gasteiger partial charge in [0.1, 0.15) is 0 Å². The van der Waals surface area contributed by atoms with E-state index >= 15 is 0 Å². The minimum Gasteiger partial charge on any atom is -0.339 e. The van der Waals surface area contributed by atoms with Gasteiger partial charge in [0.25, 0.3) is 0 Å². The van der Waals surface area contributed by atoms with Crippen LogP contribution >= 0.6 is 0 Å². The fourth-order valence-electron chi connectivity index (χ4n) is 2.32. The number of nitrogens with two attached hydrogens (primary N) is 1. The summed E-state index contributed by atoms with van der Waals surface area (Å²) < 4.78 is 0. The van der Waals surface area contributed by atoms with Gasteiger partial charge in [-0.1, -0.05) is 19.8 Å². The molecule has 0 aromatic rings. The maximum atomic E-state index is 5.60. The Kier molecular flexibility index (Phi) is 5.60. The van der Waals surface area contributed by atoms with Crippen LogP contribution in [0.3, 0.4) is 0 Å². The van der Waals surface area contributed by atoms with Crippen LogP contribution in [0.1, 0.15) is 52.9 Å². The molecule has 1 rings (SSSR count). The quantitative estimate of drug-likeness (QED) is 0.327. The topological polar surface area (TPSA) is 53.6 Å². The average molecular weight is 226 g/mol. The lowest BCUT2D eigenvalue weighted by molar-refractivity contribution is 0.296. The number of nitrogens with one attached hydrogen (secondary N) is 1. The molecule has 1 atom stereocenters. The van der Waals surface area contributed by atoms with Crippen molar-refractivity contribution in [2.45, 2.75) is 65.0 Å². The van der Waals surface area contributed by atoms with Crippen molar-refractivity contribution in [3.63, 3.8) is 0 Å². The Bertz CT molecular complexity index is 225. The Morgan fingerprint density at radius 1 is 1.44 bits per heavy atom. The van der Waals surface area contributed by atoms with Crippen molar-refractivity contribution in [1.82, 2.24) is 10.3 Å². The molecule has 1 unspecified atom stereocenters. The van der Waals surface area contributed by atoms with Crippen LogP contribution in [-0.4, -0.2) is 29.5 Å². The third-order valence-electron chi connectivity index (χ3n) is 3.13. The van der Waals surface area contributed by atoms with Gasteiger partial charge in [-0.3, -0.25) is 5.43 Å². The maximum Gasteiger partial charge on any atom is 0.208 e. The largest absolute Gasteiger partial charge is 0.339 e. The molecule has 0 aromatic carbocycles. The molecule has 0 saturated carbocycles. The van der Waals surface area contributed by atoms with E-state index in [4.69, 9.17) is 5.84 Å². The lowest BCUT2D eigenvalue weighted by Gasteiger charge is -2.32. The first-order chi connectivity index (χ1) is 7.69. The molecular formula is C12H26N4. The summed E-state index contributed by atoms with van der Waals surface area (Å²) in [4.78, 5) is 6.92. The third kappa shape index (κ3) is 3.67. The zero-order valence-electron chi connectivity index (χ0n) is 10.9. The zero-order chi connectivity index (χ0) is 12.0. The Balaban J connectivity index is 2.78. The average Bonchev–Trinajstić information content (AvgIpc) is 2.50. The molecule has 4 nitrogen and oxygen atoms in total. The molecule has 0 amide bonds. The van der Waals surface area contributed by atoms with Crippen molar-refractivity contribution in [3.05, 3.63) is 0 Å². The number of aliphatic imine (C=N–C) groups is 1. The van der Waals surface area contributed by atoms with Crippen molar-refractivity contribution in [2.75, 3.05) is 6.54 Å².